The molecule has 0 fully saturated rings. The van der Waals surface area contributed by atoms with Crippen LogP contribution in [-0.4, -0.2) is 13.5 Å². The van der Waals surface area contributed by atoms with Gasteiger partial charge in [-0.05, 0) is 36.4 Å². The second kappa shape index (κ2) is 6.05. The minimum absolute atomic E-state index is 0.153. The molecule has 0 saturated heterocycles. The zero-order valence-electron chi connectivity index (χ0n) is 11.3. The average Bonchev–Trinajstić information content (AvgIpc) is 2.88. The Labute approximate surface area is 123 Å². The number of thiophene rings is 1. The maximum atomic E-state index is 12.2. The van der Waals surface area contributed by atoms with Crippen molar-refractivity contribution in [1.29, 1.82) is 0 Å². The number of nitrogens with one attached hydrogen (secondary N) is 1. The van der Waals surface area contributed by atoms with E-state index in [1.807, 2.05) is 38.1 Å². The summed E-state index contributed by atoms with van der Waals surface area (Å²) in [6.45, 7) is 3.64. The molecule has 0 aliphatic carbocycles. The summed E-state index contributed by atoms with van der Waals surface area (Å²) in [5.41, 5.74) is 2.66. The lowest BCUT2D eigenvalue weighted by atomic mass is 10.1. The lowest BCUT2D eigenvalue weighted by Crippen LogP contribution is -2.26. The van der Waals surface area contributed by atoms with Gasteiger partial charge in [0.15, 0.2) is 0 Å². The largest absolute Gasteiger partial charge is 0.392 e. The van der Waals surface area contributed by atoms with Crippen molar-refractivity contribution in [3.05, 3.63) is 52.4 Å². The van der Waals surface area contributed by atoms with E-state index in [2.05, 4.69) is 4.72 Å². The Morgan fingerprint density at radius 1 is 1.30 bits per heavy atom. The topological polar surface area (TPSA) is 66.4 Å². The number of aryl methyl sites for hydroxylation is 1. The molecule has 2 N–H and O–H groups in total. The molecule has 0 bridgehead atoms. The highest BCUT2D eigenvalue weighted by Crippen LogP contribution is 2.23. The van der Waals surface area contributed by atoms with Crippen LogP contribution < -0.4 is 4.72 Å². The van der Waals surface area contributed by atoms with E-state index in [0.29, 0.717) is 5.56 Å². The van der Waals surface area contributed by atoms with Crippen LogP contribution in [0.1, 0.15) is 29.7 Å². The Hall–Kier alpha value is -1.21. The summed E-state index contributed by atoms with van der Waals surface area (Å²) in [4.78, 5) is 0. The molecule has 1 unspecified atom stereocenters. The first-order valence-corrected chi connectivity index (χ1v) is 8.56. The number of rotatable bonds is 5. The van der Waals surface area contributed by atoms with Crippen LogP contribution in [0.2, 0.25) is 0 Å². The molecule has 0 radical (unpaired) electrons. The lowest BCUT2D eigenvalue weighted by Gasteiger charge is -2.14. The van der Waals surface area contributed by atoms with Crippen LogP contribution in [0.15, 0.2) is 39.9 Å². The number of aliphatic hydroxyl groups is 1. The summed E-state index contributed by atoms with van der Waals surface area (Å²) in [6.07, 6.45) is 0. The first kappa shape index (κ1) is 15.2. The van der Waals surface area contributed by atoms with Gasteiger partial charge >= 0.3 is 0 Å². The minimum Gasteiger partial charge on any atom is -0.392 e. The summed E-state index contributed by atoms with van der Waals surface area (Å²) >= 11 is 1.11. The van der Waals surface area contributed by atoms with Gasteiger partial charge in [0.05, 0.1) is 6.61 Å². The number of hydrogen-bond donors (Lipinski definition) is 2. The molecule has 108 valence electrons. The molecule has 1 aromatic carbocycles. The molecular formula is C14H17NO3S2. The molecule has 0 aliphatic heterocycles. The average molecular weight is 311 g/mol. The van der Waals surface area contributed by atoms with Gasteiger partial charge in [-0.25, -0.2) is 13.1 Å². The molecule has 0 aliphatic rings. The molecule has 4 nitrogen and oxygen atoms in total. The zero-order chi connectivity index (χ0) is 14.8. The van der Waals surface area contributed by atoms with Crippen LogP contribution in [0.3, 0.4) is 0 Å². The smallest absolute Gasteiger partial charge is 0.250 e. The predicted molar refractivity (Wildman–Crippen MR) is 80.2 cm³/mol. The van der Waals surface area contributed by atoms with Gasteiger partial charge in [-0.1, -0.05) is 29.8 Å². The highest BCUT2D eigenvalue weighted by molar-refractivity contribution is 7.91. The standard InChI is InChI=1S/C14H17NO3S2/c1-10-3-5-13(6-4-10)11(2)15-20(17,18)14-7-12(8-16)9-19-14/h3-7,9,11,15-16H,8H2,1-2H3. The molecular weight excluding hydrogens is 294 g/mol. The highest BCUT2D eigenvalue weighted by atomic mass is 32.2. The summed E-state index contributed by atoms with van der Waals surface area (Å²) < 4.78 is 27.3. The number of sulfonamides is 1. The van der Waals surface area contributed by atoms with Crippen LogP contribution in [0.4, 0.5) is 0 Å². The fourth-order valence-corrected chi connectivity index (χ4v) is 4.24. The van der Waals surface area contributed by atoms with E-state index in [4.69, 9.17) is 5.11 Å². The van der Waals surface area contributed by atoms with E-state index in [1.54, 1.807) is 5.38 Å². The third kappa shape index (κ3) is 3.46. The Balaban J connectivity index is 2.17. The van der Waals surface area contributed by atoms with Gasteiger partial charge < -0.3 is 5.11 Å². The molecule has 1 aromatic heterocycles. The first-order valence-electron chi connectivity index (χ1n) is 6.19. The van der Waals surface area contributed by atoms with Crippen LogP contribution in [0, 0.1) is 6.92 Å². The molecule has 2 rings (SSSR count). The maximum Gasteiger partial charge on any atom is 0.250 e. The molecule has 20 heavy (non-hydrogen) atoms. The quantitative estimate of drug-likeness (QED) is 0.892. The Morgan fingerprint density at radius 2 is 1.95 bits per heavy atom. The van der Waals surface area contributed by atoms with E-state index in [-0.39, 0.29) is 16.9 Å². The van der Waals surface area contributed by atoms with Gasteiger partial charge in [-0.15, -0.1) is 11.3 Å². The molecule has 2 aromatic rings. The van der Waals surface area contributed by atoms with Crippen molar-refractivity contribution in [1.82, 2.24) is 4.72 Å². The molecule has 0 amide bonds. The van der Waals surface area contributed by atoms with Gasteiger partial charge in [0.25, 0.3) is 10.0 Å². The second-order valence-corrected chi connectivity index (χ2v) is 7.54. The van der Waals surface area contributed by atoms with E-state index in [1.165, 1.54) is 6.07 Å². The van der Waals surface area contributed by atoms with Crippen molar-refractivity contribution in [3.63, 3.8) is 0 Å². The molecule has 0 saturated carbocycles. The lowest BCUT2D eigenvalue weighted by molar-refractivity contribution is 0.282. The zero-order valence-corrected chi connectivity index (χ0v) is 13.0. The predicted octanol–water partition coefficient (Wildman–Crippen LogP) is 2.59. The monoisotopic (exact) mass is 311 g/mol. The van der Waals surface area contributed by atoms with Crippen LogP contribution in [-0.2, 0) is 16.6 Å². The summed E-state index contributed by atoms with van der Waals surface area (Å²) in [7, 11) is -3.55. The van der Waals surface area contributed by atoms with Crippen LogP contribution >= 0.6 is 11.3 Å². The fourth-order valence-electron chi connectivity index (χ4n) is 1.79. The van der Waals surface area contributed by atoms with Crippen LogP contribution in [0.5, 0.6) is 0 Å². The summed E-state index contributed by atoms with van der Waals surface area (Å²) in [5, 5.41) is 10.6. The Morgan fingerprint density at radius 3 is 2.50 bits per heavy atom. The fraction of sp³-hybridized carbons (Fsp3) is 0.286. The van der Waals surface area contributed by atoms with Gasteiger partial charge in [0, 0.05) is 6.04 Å². The second-order valence-electron chi connectivity index (χ2n) is 4.69. The normalized spacial score (nSPS) is 13.3. The van der Waals surface area contributed by atoms with Crippen molar-refractivity contribution >= 4 is 21.4 Å². The van der Waals surface area contributed by atoms with Gasteiger partial charge in [0.1, 0.15) is 4.21 Å². The minimum atomic E-state index is -3.55. The summed E-state index contributed by atoms with van der Waals surface area (Å²) in [6, 6.07) is 8.92. The maximum absolute atomic E-state index is 12.2. The third-order valence-electron chi connectivity index (χ3n) is 2.99. The van der Waals surface area contributed by atoms with Gasteiger partial charge in [-0.2, -0.15) is 0 Å². The number of aliphatic hydroxyl groups excluding tert-OH is 1. The Kier molecular flexibility index (Phi) is 4.59. The van der Waals surface area contributed by atoms with Crippen molar-refractivity contribution in [2.24, 2.45) is 0 Å². The van der Waals surface area contributed by atoms with Crippen LogP contribution in [0.25, 0.3) is 0 Å². The molecule has 0 spiro atoms. The summed E-state index contributed by atoms with van der Waals surface area (Å²) in [5.74, 6) is 0. The van der Waals surface area contributed by atoms with E-state index in [9.17, 15) is 8.42 Å². The molecule has 1 atom stereocenters. The number of benzene rings is 1. The van der Waals surface area contributed by atoms with Crippen molar-refractivity contribution < 1.29 is 13.5 Å². The Bertz CT molecular complexity index is 675. The van der Waals surface area contributed by atoms with Gasteiger partial charge in [-0.3, -0.25) is 0 Å². The van der Waals surface area contributed by atoms with Gasteiger partial charge in [0.2, 0.25) is 0 Å². The molecule has 1 heterocycles. The number of hydrogen-bond acceptors (Lipinski definition) is 4. The van der Waals surface area contributed by atoms with E-state index in [0.717, 1.165) is 22.5 Å². The highest BCUT2D eigenvalue weighted by Gasteiger charge is 2.20. The van der Waals surface area contributed by atoms with E-state index < -0.39 is 10.0 Å². The van der Waals surface area contributed by atoms with E-state index >= 15 is 0 Å². The third-order valence-corrected chi connectivity index (χ3v) is 6.02. The van der Waals surface area contributed by atoms with Crippen molar-refractivity contribution in [2.45, 2.75) is 30.7 Å². The van der Waals surface area contributed by atoms with Crippen molar-refractivity contribution in [3.8, 4) is 0 Å². The van der Waals surface area contributed by atoms with Crippen molar-refractivity contribution in [2.75, 3.05) is 0 Å². The molecule has 6 heteroatoms. The SMILES string of the molecule is Cc1ccc(C(C)NS(=O)(=O)c2cc(CO)cs2)cc1. The first-order chi connectivity index (χ1) is 9.42.